The minimum atomic E-state index is -3.46. The average molecular weight is 266 g/mol. The van der Waals surface area contributed by atoms with Gasteiger partial charge in [0, 0.05) is 26.7 Å². The van der Waals surface area contributed by atoms with Crippen molar-refractivity contribution in [2.24, 2.45) is 5.92 Å². The number of ether oxygens (including phenoxy) is 1. The highest BCUT2D eigenvalue weighted by Gasteiger charge is 2.27. The summed E-state index contributed by atoms with van der Waals surface area (Å²) in [4.78, 5) is 0. The topological polar surface area (TPSA) is 78.9 Å². The van der Waals surface area contributed by atoms with Crippen molar-refractivity contribution in [3.05, 3.63) is 0 Å². The Morgan fingerprint density at radius 3 is 2.88 bits per heavy atom. The molecular formula is C10H22N2O4S. The van der Waals surface area contributed by atoms with Crippen LogP contribution in [0.1, 0.15) is 19.8 Å². The van der Waals surface area contributed by atoms with Crippen LogP contribution in [0.2, 0.25) is 0 Å². The van der Waals surface area contributed by atoms with Crippen molar-refractivity contribution in [2.75, 3.05) is 33.4 Å². The van der Waals surface area contributed by atoms with Crippen LogP contribution in [-0.2, 0) is 14.9 Å². The molecule has 1 aliphatic heterocycles. The van der Waals surface area contributed by atoms with Gasteiger partial charge < -0.3 is 9.84 Å². The monoisotopic (exact) mass is 266 g/mol. The van der Waals surface area contributed by atoms with Crippen LogP contribution in [0.3, 0.4) is 0 Å². The van der Waals surface area contributed by atoms with Gasteiger partial charge in [0.25, 0.3) is 10.2 Å². The molecule has 0 saturated carbocycles. The van der Waals surface area contributed by atoms with Crippen LogP contribution < -0.4 is 4.72 Å². The quantitative estimate of drug-likeness (QED) is 0.683. The van der Waals surface area contributed by atoms with E-state index in [1.165, 1.54) is 11.4 Å². The van der Waals surface area contributed by atoms with E-state index in [4.69, 9.17) is 4.74 Å². The van der Waals surface area contributed by atoms with Crippen molar-refractivity contribution in [1.82, 2.24) is 9.03 Å². The summed E-state index contributed by atoms with van der Waals surface area (Å²) < 4.78 is 32.4. The SMILES string of the molecule is COCC(O)CNS(=O)(=O)N1CCCC(C)C1. The summed E-state index contributed by atoms with van der Waals surface area (Å²) in [6, 6.07) is 0. The molecule has 1 rings (SSSR count). The number of nitrogens with zero attached hydrogens (tertiary/aromatic N) is 1. The minimum Gasteiger partial charge on any atom is -0.389 e. The Morgan fingerprint density at radius 2 is 2.29 bits per heavy atom. The van der Waals surface area contributed by atoms with Crippen molar-refractivity contribution in [2.45, 2.75) is 25.9 Å². The molecule has 6 nitrogen and oxygen atoms in total. The molecule has 0 aromatic heterocycles. The van der Waals surface area contributed by atoms with Crippen LogP contribution in [0, 0.1) is 5.92 Å². The first-order chi connectivity index (χ1) is 7.95. The van der Waals surface area contributed by atoms with Gasteiger partial charge in [0.15, 0.2) is 0 Å². The zero-order chi connectivity index (χ0) is 12.9. The lowest BCUT2D eigenvalue weighted by Crippen LogP contribution is -2.47. The molecule has 7 heteroatoms. The molecule has 0 spiro atoms. The fourth-order valence-corrected chi connectivity index (χ4v) is 3.31. The Bertz CT molecular complexity index is 320. The molecule has 1 aliphatic rings. The van der Waals surface area contributed by atoms with Gasteiger partial charge in [-0.25, -0.2) is 0 Å². The highest BCUT2D eigenvalue weighted by molar-refractivity contribution is 7.87. The van der Waals surface area contributed by atoms with E-state index < -0.39 is 16.3 Å². The Labute approximate surface area is 103 Å². The molecule has 2 unspecified atom stereocenters. The third kappa shape index (κ3) is 4.89. The Balaban J connectivity index is 2.44. The van der Waals surface area contributed by atoms with Gasteiger partial charge in [-0.3, -0.25) is 0 Å². The third-order valence-electron chi connectivity index (χ3n) is 2.82. The summed E-state index contributed by atoms with van der Waals surface area (Å²) in [6.07, 6.45) is 1.15. The van der Waals surface area contributed by atoms with Gasteiger partial charge in [0.05, 0.1) is 12.7 Å². The number of methoxy groups -OCH3 is 1. The van der Waals surface area contributed by atoms with Gasteiger partial charge in [-0.1, -0.05) is 6.92 Å². The maximum Gasteiger partial charge on any atom is 0.279 e. The molecule has 0 amide bonds. The zero-order valence-corrected chi connectivity index (χ0v) is 11.2. The maximum atomic E-state index is 11.9. The van der Waals surface area contributed by atoms with E-state index in [1.54, 1.807) is 0 Å². The van der Waals surface area contributed by atoms with Crippen LogP contribution in [-0.4, -0.2) is 57.3 Å². The maximum absolute atomic E-state index is 11.9. The van der Waals surface area contributed by atoms with Crippen molar-refractivity contribution < 1.29 is 18.3 Å². The van der Waals surface area contributed by atoms with Gasteiger partial charge >= 0.3 is 0 Å². The van der Waals surface area contributed by atoms with Crippen LogP contribution >= 0.6 is 0 Å². The minimum absolute atomic E-state index is 0.0128. The summed E-state index contributed by atoms with van der Waals surface area (Å²) in [5.74, 6) is 0.393. The van der Waals surface area contributed by atoms with Crippen molar-refractivity contribution in [3.8, 4) is 0 Å². The number of piperidine rings is 1. The highest BCUT2D eigenvalue weighted by Crippen LogP contribution is 2.17. The van der Waals surface area contributed by atoms with Crippen LogP contribution in [0.4, 0.5) is 0 Å². The van der Waals surface area contributed by atoms with E-state index in [0.29, 0.717) is 19.0 Å². The summed E-state index contributed by atoms with van der Waals surface area (Å²) in [6.45, 7) is 3.26. The predicted molar refractivity (Wildman–Crippen MR) is 64.8 cm³/mol. The summed E-state index contributed by atoms with van der Waals surface area (Å²) in [7, 11) is -2.00. The molecule has 1 heterocycles. The number of aliphatic hydroxyl groups is 1. The standard InChI is InChI=1S/C10H22N2O4S/c1-9-4-3-5-12(7-9)17(14,15)11-6-10(13)8-16-2/h9-11,13H,3-8H2,1-2H3. The molecule has 2 N–H and O–H groups in total. The first-order valence-electron chi connectivity index (χ1n) is 5.87. The predicted octanol–water partition coefficient (Wildman–Crippen LogP) is -0.440. The molecule has 1 saturated heterocycles. The van der Waals surface area contributed by atoms with Gasteiger partial charge in [-0.2, -0.15) is 17.4 Å². The molecule has 17 heavy (non-hydrogen) atoms. The van der Waals surface area contributed by atoms with Crippen LogP contribution in [0.25, 0.3) is 0 Å². The molecule has 2 atom stereocenters. The molecule has 0 radical (unpaired) electrons. The molecular weight excluding hydrogens is 244 g/mol. The lowest BCUT2D eigenvalue weighted by molar-refractivity contribution is 0.0675. The average Bonchev–Trinajstić information content (AvgIpc) is 2.27. The zero-order valence-electron chi connectivity index (χ0n) is 10.4. The number of hydrogen-bond donors (Lipinski definition) is 2. The summed E-state index contributed by atoms with van der Waals surface area (Å²) in [5.41, 5.74) is 0. The Hall–Kier alpha value is -0.210. The lowest BCUT2D eigenvalue weighted by atomic mass is 10.0. The van der Waals surface area contributed by atoms with E-state index >= 15 is 0 Å². The normalized spacial score (nSPS) is 24.8. The van der Waals surface area contributed by atoms with Crippen molar-refractivity contribution >= 4 is 10.2 Å². The van der Waals surface area contributed by atoms with Crippen LogP contribution in [0.15, 0.2) is 0 Å². The number of rotatable bonds is 6. The smallest absolute Gasteiger partial charge is 0.279 e. The van der Waals surface area contributed by atoms with E-state index in [-0.39, 0.29) is 13.2 Å². The molecule has 1 fully saturated rings. The van der Waals surface area contributed by atoms with Crippen LogP contribution in [0.5, 0.6) is 0 Å². The van der Waals surface area contributed by atoms with Gasteiger partial charge in [0.2, 0.25) is 0 Å². The van der Waals surface area contributed by atoms with Gasteiger partial charge in [-0.05, 0) is 18.8 Å². The largest absolute Gasteiger partial charge is 0.389 e. The first-order valence-corrected chi connectivity index (χ1v) is 7.31. The third-order valence-corrected chi connectivity index (χ3v) is 4.36. The molecule has 0 aromatic rings. The lowest BCUT2D eigenvalue weighted by Gasteiger charge is -2.30. The highest BCUT2D eigenvalue weighted by atomic mass is 32.2. The number of aliphatic hydroxyl groups excluding tert-OH is 1. The number of hydrogen-bond acceptors (Lipinski definition) is 4. The van der Waals surface area contributed by atoms with Crippen molar-refractivity contribution in [1.29, 1.82) is 0 Å². The molecule has 0 bridgehead atoms. The summed E-state index contributed by atoms with van der Waals surface area (Å²) in [5, 5.41) is 9.39. The fourth-order valence-electron chi connectivity index (χ4n) is 1.91. The van der Waals surface area contributed by atoms with Gasteiger partial charge in [0.1, 0.15) is 0 Å². The molecule has 102 valence electrons. The molecule has 0 aromatic carbocycles. The van der Waals surface area contributed by atoms with Gasteiger partial charge in [-0.15, -0.1) is 0 Å². The van der Waals surface area contributed by atoms with E-state index in [1.807, 2.05) is 6.92 Å². The first kappa shape index (κ1) is 14.8. The Morgan fingerprint density at radius 1 is 1.59 bits per heavy atom. The molecule has 0 aliphatic carbocycles. The second-order valence-corrected chi connectivity index (χ2v) is 6.32. The van der Waals surface area contributed by atoms with Crippen molar-refractivity contribution in [3.63, 3.8) is 0 Å². The van der Waals surface area contributed by atoms with E-state index in [2.05, 4.69) is 4.72 Å². The Kier molecular flexibility index (Phi) is 5.81. The second-order valence-electron chi connectivity index (χ2n) is 4.57. The second kappa shape index (κ2) is 6.65. The fraction of sp³-hybridized carbons (Fsp3) is 1.00. The summed E-state index contributed by atoms with van der Waals surface area (Å²) >= 11 is 0. The number of nitrogens with one attached hydrogen (secondary N) is 1. The van der Waals surface area contributed by atoms with E-state index in [9.17, 15) is 13.5 Å². The van der Waals surface area contributed by atoms with E-state index in [0.717, 1.165) is 12.8 Å².